The molecule has 2 aromatic rings. The third-order valence-electron chi connectivity index (χ3n) is 3.56. The van der Waals surface area contributed by atoms with Gasteiger partial charge in [0.15, 0.2) is 6.10 Å². The normalized spacial score (nSPS) is 13.2. The van der Waals surface area contributed by atoms with Crippen LogP contribution in [0.4, 0.5) is 26.3 Å². The molecule has 0 N–H and O–H groups in total. The predicted molar refractivity (Wildman–Crippen MR) is 90.5 cm³/mol. The molecule has 0 amide bonds. The fraction of sp³-hybridized carbons (Fsp3) is 0.278. The lowest BCUT2D eigenvalue weighted by molar-refractivity contribution is -0.218. The molecule has 0 fully saturated rings. The van der Waals surface area contributed by atoms with Crippen molar-refractivity contribution in [1.82, 2.24) is 0 Å². The van der Waals surface area contributed by atoms with Crippen molar-refractivity contribution in [2.24, 2.45) is 0 Å². The van der Waals surface area contributed by atoms with E-state index in [0.29, 0.717) is 23.8 Å². The molecule has 0 aliphatic heterocycles. The number of halogens is 7. The Morgan fingerprint density at radius 1 is 1.04 bits per heavy atom. The van der Waals surface area contributed by atoms with Gasteiger partial charge in [0.05, 0.1) is 18.8 Å². The van der Waals surface area contributed by atoms with Gasteiger partial charge in [0.2, 0.25) is 0 Å². The van der Waals surface area contributed by atoms with E-state index in [9.17, 15) is 31.1 Å². The van der Waals surface area contributed by atoms with Gasteiger partial charge in [-0.2, -0.15) is 17.6 Å². The summed E-state index contributed by atoms with van der Waals surface area (Å²) in [5, 5.41) is 0. The smallest absolute Gasteiger partial charge is 0.367 e. The van der Waals surface area contributed by atoms with Crippen LogP contribution >= 0.6 is 15.9 Å². The summed E-state index contributed by atoms with van der Waals surface area (Å²) in [5.41, 5.74) is -0.325. The molecule has 0 aliphatic rings. The van der Waals surface area contributed by atoms with Crippen molar-refractivity contribution >= 4 is 21.9 Å². The van der Waals surface area contributed by atoms with Crippen LogP contribution in [0.3, 0.4) is 0 Å². The number of alkyl halides is 5. The molecule has 1 atom stereocenters. The Morgan fingerprint density at radius 2 is 1.68 bits per heavy atom. The van der Waals surface area contributed by atoms with E-state index in [1.807, 2.05) is 0 Å². The summed E-state index contributed by atoms with van der Waals surface area (Å²) in [5.74, 6) is -8.95. The van der Waals surface area contributed by atoms with E-state index >= 15 is 0 Å². The molecular formula is C18H13BrF6O3. The molecular weight excluding hydrogens is 458 g/mol. The van der Waals surface area contributed by atoms with Crippen molar-refractivity contribution < 1.29 is 40.6 Å². The van der Waals surface area contributed by atoms with Gasteiger partial charge in [-0.3, -0.25) is 0 Å². The van der Waals surface area contributed by atoms with Gasteiger partial charge < -0.3 is 9.47 Å². The standard InChI is InChI=1S/C18H13BrF6O3/c19-18(24,25)17(22,23)15(10-27-9-11-4-2-1-3-5-11)28-16(26)13-7-6-12(20)8-14(13)21/h1-8,15H,9-10H2. The van der Waals surface area contributed by atoms with Gasteiger partial charge in [-0.05, 0) is 33.6 Å². The van der Waals surface area contributed by atoms with E-state index < -0.39 is 46.6 Å². The number of hydrogen-bond acceptors (Lipinski definition) is 3. The summed E-state index contributed by atoms with van der Waals surface area (Å²) >= 11 is 1.55. The topological polar surface area (TPSA) is 35.5 Å². The molecule has 0 radical (unpaired) electrons. The Kier molecular flexibility index (Phi) is 7.11. The Balaban J connectivity index is 2.16. The van der Waals surface area contributed by atoms with Crippen LogP contribution < -0.4 is 0 Å². The number of carbonyl (C=O) groups excluding carboxylic acids is 1. The first kappa shape index (κ1) is 22.2. The quantitative estimate of drug-likeness (QED) is 0.297. The van der Waals surface area contributed by atoms with Crippen LogP contribution in [-0.4, -0.2) is 29.4 Å². The molecule has 3 nitrogen and oxygen atoms in total. The van der Waals surface area contributed by atoms with Crippen molar-refractivity contribution in [3.05, 3.63) is 71.3 Å². The molecule has 152 valence electrons. The van der Waals surface area contributed by atoms with E-state index in [2.05, 4.69) is 4.74 Å². The van der Waals surface area contributed by atoms with Crippen molar-refractivity contribution in [2.75, 3.05) is 6.61 Å². The highest BCUT2D eigenvalue weighted by atomic mass is 79.9. The minimum Gasteiger partial charge on any atom is -0.449 e. The van der Waals surface area contributed by atoms with Crippen LogP contribution in [0.25, 0.3) is 0 Å². The molecule has 0 saturated heterocycles. The highest BCUT2D eigenvalue weighted by Gasteiger charge is 2.61. The zero-order valence-corrected chi connectivity index (χ0v) is 15.6. The predicted octanol–water partition coefficient (Wildman–Crippen LogP) is 5.33. The van der Waals surface area contributed by atoms with Gasteiger partial charge in [0.25, 0.3) is 0 Å². The van der Waals surface area contributed by atoms with E-state index in [-0.39, 0.29) is 6.61 Å². The highest BCUT2D eigenvalue weighted by Crippen LogP contribution is 2.43. The zero-order chi connectivity index (χ0) is 20.9. The maximum Gasteiger partial charge on any atom is 0.367 e. The number of ether oxygens (including phenoxy) is 2. The minimum atomic E-state index is -4.88. The van der Waals surface area contributed by atoms with Crippen molar-refractivity contribution in [3.63, 3.8) is 0 Å². The summed E-state index contributed by atoms with van der Waals surface area (Å²) < 4.78 is 90.6. The summed E-state index contributed by atoms with van der Waals surface area (Å²) in [7, 11) is 0. The van der Waals surface area contributed by atoms with Crippen molar-refractivity contribution in [3.8, 4) is 0 Å². The SMILES string of the molecule is O=C(OC(COCc1ccccc1)C(F)(F)C(F)(F)Br)c1ccc(F)cc1F. The van der Waals surface area contributed by atoms with Crippen molar-refractivity contribution in [1.29, 1.82) is 0 Å². The molecule has 0 heterocycles. The molecule has 1 unspecified atom stereocenters. The fourth-order valence-corrected chi connectivity index (χ4v) is 2.36. The van der Waals surface area contributed by atoms with Crippen LogP contribution in [-0.2, 0) is 16.1 Å². The van der Waals surface area contributed by atoms with E-state index in [1.54, 1.807) is 46.3 Å². The summed E-state index contributed by atoms with van der Waals surface area (Å²) in [6.45, 7) is -1.32. The van der Waals surface area contributed by atoms with Gasteiger partial charge in [0.1, 0.15) is 11.6 Å². The average molecular weight is 471 g/mol. The molecule has 2 rings (SSSR count). The Morgan fingerprint density at radius 3 is 2.25 bits per heavy atom. The number of benzene rings is 2. The second-order valence-corrected chi connectivity index (χ2v) is 6.64. The molecule has 2 aromatic carbocycles. The lowest BCUT2D eigenvalue weighted by Gasteiger charge is -2.29. The van der Waals surface area contributed by atoms with Crippen molar-refractivity contribution in [2.45, 2.75) is 23.5 Å². The van der Waals surface area contributed by atoms with Crippen LogP contribution in [0.15, 0.2) is 48.5 Å². The molecule has 0 spiro atoms. The maximum atomic E-state index is 14.1. The Hall–Kier alpha value is -2.07. The van der Waals surface area contributed by atoms with Gasteiger partial charge in [-0.1, -0.05) is 30.3 Å². The number of rotatable bonds is 8. The fourth-order valence-electron chi connectivity index (χ4n) is 2.10. The largest absolute Gasteiger partial charge is 0.449 e. The monoisotopic (exact) mass is 470 g/mol. The molecule has 0 aromatic heterocycles. The Labute approximate surface area is 164 Å². The van der Waals surface area contributed by atoms with Crippen LogP contribution in [0.2, 0.25) is 0 Å². The van der Waals surface area contributed by atoms with E-state index in [1.165, 1.54) is 0 Å². The van der Waals surface area contributed by atoms with Crippen LogP contribution in [0.1, 0.15) is 15.9 Å². The zero-order valence-electron chi connectivity index (χ0n) is 14.0. The third kappa shape index (κ3) is 5.48. The molecule has 0 bridgehead atoms. The van der Waals surface area contributed by atoms with Crippen LogP contribution in [0.5, 0.6) is 0 Å². The number of hydrogen-bond donors (Lipinski definition) is 0. The minimum absolute atomic E-state index is 0.219. The van der Waals surface area contributed by atoms with Gasteiger partial charge in [-0.25, -0.2) is 13.6 Å². The second kappa shape index (κ2) is 8.95. The first-order chi connectivity index (χ1) is 13.0. The number of esters is 1. The lowest BCUT2D eigenvalue weighted by atomic mass is 10.1. The van der Waals surface area contributed by atoms with E-state index in [0.717, 1.165) is 0 Å². The summed E-state index contributed by atoms with van der Waals surface area (Å²) in [6.07, 6.45) is -2.75. The van der Waals surface area contributed by atoms with E-state index in [4.69, 9.17) is 4.74 Å². The van der Waals surface area contributed by atoms with Gasteiger partial charge in [0, 0.05) is 6.07 Å². The molecule has 10 heteroatoms. The molecule has 28 heavy (non-hydrogen) atoms. The summed E-state index contributed by atoms with van der Waals surface area (Å²) in [4.78, 5) is 7.23. The summed E-state index contributed by atoms with van der Waals surface area (Å²) in [6, 6.07) is 9.87. The number of carbonyl (C=O) groups is 1. The maximum absolute atomic E-state index is 14.1. The molecule has 0 saturated carbocycles. The molecule has 0 aliphatic carbocycles. The average Bonchev–Trinajstić information content (AvgIpc) is 2.60. The first-order valence-corrected chi connectivity index (χ1v) is 8.54. The van der Waals surface area contributed by atoms with Gasteiger partial charge >= 0.3 is 16.7 Å². The highest BCUT2D eigenvalue weighted by molar-refractivity contribution is 9.10. The first-order valence-electron chi connectivity index (χ1n) is 7.74. The van der Waals surface area contributed by atoms with Gasteiger partial charge in [-0.15, -0.1) is 0 Å². The van der Waals surface area contributed by atoms with Crippen LogP contribution in [0, 0.1) is 11.6 Å². The third-order valence-corrected chi connectivity index (χ3v) is 4.09. The lowest BCUT2D eigenvalue weighted by Crippen LogP contribution is -2.50. The Bertz CT molecular complexity index is 811. The second-order valence-electron chi connectivity index (χ2n) is 5.64.